The second-order valence-corrected chi connectivity index (χ2v) is 8.27. The molecule has 174 valence electrons. The lowest BCUT2D eigenvalue weighted by Crippen LogP contribution is -2.21. The number of para-hydroxylation sites is 1. The summed E-state index contributed by atoms with van der Waals surface area (Å²) in [7, 11) is 1.57. The van der Waals surface area contributed by atoms with E-state index in [-0.39, 0.29) is 6.61 Å². The summed E-state index contributed by atoms with van der Waals surface area (Å²) in [6.45, 7) is 1.92. The molecule has 3 aromatic rings. The monoisotopic (exact) mass is 521 g/mol. The molecule has 0 aliphatic carbocycles. The number of hydrogen-bond acceptors (Lipinski definition) is 9. The van der Waals surface area contributed by atoms with Crippen molar-refractivity contribution in [2.24, 2.45) is 5.10 Å². The zero-order chi connectivity index (χ0) is 23.8. The van der Waals surface area contributed by atoms with Gasteiger partial charge in [0.15, 0.2) is 11.5 Å². The van der Waals surface area contributed by atoms with Crippen molar-refractivity contribution in [3.63, 3.8) is 0 Å². The first-order valence-corrected chi connectivity index (χ1v) is 11.5. The molecule has 1 fully saturated rings. The molecule has 0 amide bonds. The van der Waals surface area contributed by atoms with Crippen LogP contribution in [0.15, 0.2) is 52.0 Å². The summed E-state index contributed by atoms with van der Waals surface area (Å²) in [5.41, 5.74) is 4.47. The number of halogens is 1. The maximum absolute atomic E-state index is 5.68. The predicted octanol–water partition coefficient (Wildman–Crippen LogP) is 4.44. The number of hydrazone groups is 1. The van der Waals surface area contributed by atoms with Gasteiger partial charge in [0.05, 0.1) is 13.3 Å². The molecule has 2 aromatic carbocycles. The number of methoxy groups -OCH3 is 1. The lowest BCUT2D eigenvalue weighted by Gasteiger charge is -2.16. The van der Waals surface area contributed by atoms with E-state index >= 15 is 0 Å². The van der Waals surface area contributed by atoms with Gasteiger partial charge in [-0.3, -0.25) is 0 Å². The SMILES string of the molecule is C#CCOc1c(/C=N/Nc2nc(Nc3ccccc3)nc(N3CCCC3)n2)cc(Br)cc1OC. The van der Waals surface area contributed by atoms with Gasteiger partial charge in [0, 0.05) is 28.8 Å². The van der Waals surface area contributed by atoms with Crippen molar-refractivity contribution in [1.82, 2.24) is 15.0 Å². The molecule has 1 aliphatic heterocycles. The van der Waals surface area contributed by atoms with Gasteiger partial charge in [-0.05, 0) is 37.1 Å². The second-order valence-electron chi connectivity index (χ2n) is 7.36. The Balaban J connectivity index is 1.59. The van der Waals surface area contributed by atoms with E-state index in [9.17, 15) is 0 Å². The highest BCUT2D eigenvalue weighted by Crippen LogP contribution is 2.34. The van der Waals surface area contributed by atoms with Crippen LogP contribution in [0.1, 0.15) is 18.4 Å². The molecular formula is C24H24BrN7O2. The highest BCUT2D eigenvalue weighted by Gasteiger charge is 2.18. The standard InChI is InChI=1S/C24H24BrN7O2/c1-3-13-34-21-17(14-18(25)15-20(21)33-2)16-26-31-23-28-22(27-19-9-5-4-6-10-19)29-24(30-23)32-11-7-8-12-32/h1,4-6,9-10,14-16H,7-8,11-13H2,2H3,(H2,27,28,29,30,31)/b26-16+. The summed E-state index contributed by atoms with van der Waals surface area (Å²) in [5.74, 6) is 4.85. The third kappa shape index (κ3) is 5.94. The van der Waals surface area contributed by atoms with Crippen LogP contribution in [0.3, 0.4) is 0 Å². The number of nitrogens with zero attached hydrogens (tertiary/aromatic N) is 5. The minimum Gasteiger partial charge on any atom is -0.493 e. The first-order chi connectivity index (χ1) is 16.7. The summed E-state index contributed by atoms with van der Waals surface area (Å²) in [6, 6.07) is 13.4. The summed E-state index contributed by atoms with van der Waals surface area (Å²) in [4.78, 5) is 15.8. The molecule has 2 heterocycles. The molecule has 9 nitrogen and oxygen atoms in total. The van der Waals surface area contributed by atoms with Gasteiger partial charge >= 0.3 is 0 Å². The molecule has 1 aliphatic rings. The number of ether oxygens (including phenoxy) is 2. The molecule has 1 aromatic heterocycles. The molecule has 4 rings (SSSR count). The van der Waals surface area contributed by atoms with Crippen molar-refractivity contribution < 1.29 is 9.47 Å². The molecule has 34 heavy (non-hydrogen) atoms. The average molecular weight is 522 g/mol. The summed E-state index contributed by atoms with van der Waals surface area (Å²) in [5, 5.41) is 7.56. The lowest BCUT2D eigenvalue weighted by atomic mass is 10.2. The van der Waals surface area contributed by atoms with Crippen LogP contribution in [0.4, 0.5) is 23.5 Å². The van der Waals surface area contributed by atoms with Crippen molar-refractivity contribution in [2.75, 3.05) is 42.4 Å². The van der Waals surface area contributed by atoms with Gasteiger partial charge in [-0.1, -0.05) is 40.0 Å². The minimum absolute atomic E-state index is 0.105. The van der Waals surface area contributed by atoms with E-state index < -0.39 is 0 Å². The third-order valence-electron chi connectivity index (χ3n) is 4.98. The Morgan fingerprint density at radius 2 is 1.91 bits per heavy atom. The maximum atomic E-state index is 5.68. The number of terminal acetylenes is 1. The molecule has 0 bridgehead atoms. The van der Waals surface area contributed by atoms with Crippen molar-refractivity contribution >= 4 is 45.7 Å². The lowest BCUT2D eigenvalue weighted by molar-refractivity contribution is 0.330. The molecule has 0 atom stereocenters. The molecule has 0 radical (unpaired) electrons. The predicted molar refractivity (Wildman–Crippen MR) is 137 cm³/mol. The van der Waals surface area contributed by atoms with Gasteiger partial charge in [0.1, 0.15) is 6.61 Å². The number of rotatable bonds is 9. The van der Waals surface area contributed by atoms with E-state index in [1.165, 1.54) is 0 Å². The van der Waals surface area contributed by atoms with Crippen molar-refractivity contribution in [3.05, 3.63) is 52.5 Å². The number of nitrogens with one attached hydrogen (secondary N) is 2. The Labute approximate surface area is 206 Å². The van der Waals surface area contributed by atoms with E-state index in [0.29, 0.717) is 34.9 Å². The fourth-order valence-electron chi connectivity index (χ4n) is 3.44. The third-order valence-corrected chi connectivity index (χ3v) is 5.44. The maximum Gasteiger partial charge on any atom is 0.250 e. The largest absolute Gasteiger partial charge is 0.493 e. The van der Waals surface area contributed by atoms with Gasteiger partial charge < -0.3 is 19.7 Å². The van der Waals surface area contributed by atoms with E-state index in [1.807, 2.05) is 36.4 Å². The Hall–Kier alpha value is -3.84. The molecule has 0 spiro atoms. The summed E-state index contributed by atoms with van der Waals surface area (Å²) < 4.78 is 11.9. The van der Waals surface area contributed by atoms with Crippen LogP contribution in [0.5, 0.6) is 11.5 Å². The molecular weight excluding hydrogens is 498 g/mol. The van der Waals surface area contributed by atoms with Crippen LogP contribution >= 0.6 is 15.9 Å². The molecule has 0 saturated carbocycles. The zero-order valence-electron chi connectivity index (χ0n) is 18.7. The van der Waals surface area contributed by atoms with Crippen LogP contribution in [0.2, 0.25) is 0 Å². The fourth-order valence-corrected chi connectivity index (χ4v) is 3.90. The summed E-state index contributed by atoms with van der Waals surface area (Å²) >= 11 is 3.48. The number of aromatic nitrogens is 3. The quantitative estimate of drug-likeness (QED) is 0.242. The van der Waals surface area contributed by atoms with E-state index in [4.69, 9.17) is 15.9 Å². The molecule has 2 N–H and O–H groups in total. The molecule has 10 heteroatoms. The highest BCUT2D eigenvalue weighted by atomic mass is 79.9. The van der Waals surface area contributed by atoms with E-state index in [2.05, 4.69) is 57.5 Å². The van der Waals surface area contributed by atoms with Crippen LogP contribution in [0.25, 0.3) is 0 Å². The summed E-state index contributed by atoms with van der Waals surface area (Å²) in [6.07, 6.45) is 9.18. The van der Waals surface area contributed by atoms with E-state index in [1.54, 1.807) is 19.4 Å². The van der Waals surface area contributed by atoms with Crippen LogP contribution in [-0.2, 0) is 0 Å². The fraction of sp³-hybridized carbons (Fsp3) is 0.250. The van der Waals surface area contributed by atoms with E-state index in [0.717, 1.165) is 36.1 Å². The van der Waals surface area contributed by atoms with Crippen molar-refractivity contribution in [3.8, 4) is 23.8 Å². The zero-order valence-corrected chi connectivity index (χ0v) is 20.2. The van der Waals surface area contributed by atoms with Gasteiger partial charge in [0.25, 0.3) is 0 Å². The van der Waals surface area contributed by atoms with Crippen LogP contribution in [0, 0.1) is 12.3 Å². The normalized spacial score (nSPS) is 13.0. The first-order valence-electron chi connectivity index (χ1n) is 10.7. The molecule has 0 unspecified atom stereocenters. The Bertz CT molecular complexity index is 1190. The van der Waals surface area contributed by atoms with Gasteiger partial charge in [-0.25, -0.2) is 5.43 Å². The Morgan fingerprint density at radius 3 is 2.65 bits per heavy atom. The second kappa shape index (κ2) is 11.3. The van der Waals surface area contributed by atoms with Crippen molar-refractivity contribution in [2.45, 2.75) is 12.8 Å². The average Bonchev–Trinajstić information content (AvgIpc) is 3.39. The van der Waals surface area contributed by atoms with Crippen LogP contribution in [-0.4, -0.2) is 48.0 Å². The topological polar surface area (TPSA) is 96.8 Å². The van der Waals surface area contributed by atoms with Gasteiger partial charge in [-0.15, -0.1) is 6.42 Å². The van der Waals surface area contributed by atoms with Crippen LogP contribution < -0.4 is 25.1 Å². The first kappa shape index (κ1) is 23.3. The smallest absolute Gasteiger partial charge is 0.250 e. The minimum atomic E-state index is 0.105. The number of benzene rings is 2. The van der Waals surface area contributed by atoms with Crippen molar-refractivity contribution in [1.29, 1.82) is 0 Å². The number of anilines is 4. The number of hydrogen-bond donors (Lipinski definition) is 2. The van der Waals surface area contributed by atoms with Gasteiger partial charge in [0.2, 0.25) is 17.8 Å². The molecule has 1 saturated heterocycles. The van der Waals surface area contributed by atoms with Gasteiger partial charge in [-0.2, -0.15) is 20.1 Å². The Morgan fingerprint density at radius 1 is 1.15 bits per heavy atom. The highest BCUT2D eigenvalue weighted by molar-refractivity contribution is 9.10. The Kier molecular flexibility index (Phi) is 7.78.